The molecule has 1 aromatic heterocycles. The average molecular weight is 172 g/mol. The zero-order chi connectivity index (χ0) is 8.32. The maximum atomic E-state index is 5.56. The standard InChI is InChI=1S/C7H12N2OS/c1-7(4-8,10-2)6-3-9-5-11-6/h3,5H,4,8H2,1-2H3. The molecule has 1 rings (SSSR count). The predicted molar refractivity (Wildman–Crippen MR) is 45.5 cm³/mol. The van der Waals surface area contributed by atoms with Crippen LogP contribution in [0, 0.1) is 0 Å². The average Bonchev–Trinajstić information content (AvgIpc) is 2.55. The minimum Gasteiger partial charge on any atom is -0.372 e. The summed E-state index contributed by atoms with van der Waals surface area (Å²) in [5, 5.41) is 0. The highest BCUT2D eigenvalue weighted by molar-refractivity contribution is 7.09. The normalized spacial score (nSPS) is 16.3. The molecule has 0 aromatic carbocycles. The van der Waals surface area contributed by atoms with Crippen molar-refractivity contribution in [3.8, 4) is 0 Å². The molecule has 62 valence electrons. The molecule has 3 nitrogen and oxygen atoms in total. The van der Waals surface area contributed by atoms with Crippen molar-refractivity contribution in [2.75, 3.05) is 13.7 Å². The number of nitrogens with zero attached hydrogens (tertiary/aromatic N) is 1. The summed E-state index contributed by atoms with van der Waals surface area (Å²) in [6, 6.07) is 0. The Morgan fingerprint density at radius 1 is 1.82 bits per heavy atom. The first kappa shape index (κ1) is 8.64. The molecule has 1 unspecified atom stereocenters. The summed E-state index contributed by atoms with van der Waals surface area (Å²) < 4.78 is 5.28. The molecule has 0 bridgehead atoms. The van der Waals surface area contributed by atoms with Crippen LogP contribution in [-0.4, -0.2) is 18.6 Å². The summed E-state index contributed by atoms with van der Waals surface area (Å²) in [7, 11) is 1.66. The molecule has 0 fully saturated rings. The second kappa shape index (κ2) is 3.30. The van der Waals surface area contributed by atoms with E-state index in [0.717, 1.165) is 4.88 Å². The fraction of sp³-hybridized carbons (Fsp3) is 0.571. The van der Waals surface area contributed by atoms with Crippen molar-refractivity contribution >= 4 is 11.3 Å². The van der Waals surface area contributed by atoms with Crippen molar-refractivity contribution in [2.45, 2.75) is 12.5 Å². The van der Waals surface area contributed by atoms with Gasteiger partial charge in [0.15, 0.2) is 0 Å². The zero-order valence-corrected chi connectivity index (χ0v) is 7.52. The lowest BCUT2D eigenvalue weighted by Gasteiger charge is -2.23. The van der Waals surface area contributed by atoms with Crippen LogP contribution in [0.5, 0.6) is 0 Å². The second-order valence-electron chi connectivity index (χ2n) is 2.50. The highest BCUT2D eigenvalue weighted by Gasteiger charge is 2.25. The molecule has 1 aromatic rings. The van der Waals surface area contributed by atoms with Crippen molar-refractivity contribution in [1.82, 2.24) is 4.98 Å². The van der Waals surface area contributed by atoms with E-state index in [1.54, 1.807) is 30.2 Å². The van der Waals surface area contributed by atoms with Gasteiger partial charge >= 0.3 is 0 Å². The van der Waals surface area contributed by atoms with Gasteiger partial charge in [0.1, 0.15) is 5.60 Å². The SMILES string of the molecule is COC(C)(CN)c1cncs1. The van der Waals surface area contributed by atoms with Crippen LogP contribution < -0.4 is 5.73 Å². The number of aromatic nitrogens is 1. The molecule has 1 heterocycles. The number of hydrogen-bond donors (Lipinski definition) is 1. The lowest BCUT2D eigenvalue weighted by Crippen LogP contribution is -2.32. The van der Waals surface area contributed by atoms with E-state index in [1.807, 2.05) is 6.92 Å². The molecule has 11 heavy (non-hydrogen) atoms. The van der Waals surface area contributed by atoms with Crippen molar-refractivity contribution in [3.63, 3.8) is 0 Å². The van der Waals surface area contributed by atoms with Gasteiger partial charge in [-0.25, -0.2) is 0 Å². The van der Waals surface area contributed by atoms with Crippen LogP contribution in [0.2, 0.25) is 0 Å². The third-order valence-corrected chi connectivity index (χ3v) is 2.81. The largest absolute Gasteiger partial charge is 0.372 e. The van der Waals surface area contributed by atoms with E-state index in [0.29, 0.717) is 6.54 Å². The van der Waals surface area contributed by atoms with Crippen LogP contribution in [0.4, 0.5) is 0 Å². The van der Waals surface area contributed by atoms with Crippen LogP contribution in [0.3, 0.4) is 0 Å². The van der Waals surface area contributed by atoms with E-state index >= 15 is 0 Å². The summed E-state index contributed by atoms with van der Waals surface area (Å²) in [6.07, 6.45) is 1.79. The number of thiazole rings is 1. The minimum absolute atomic E-state index is 0.360. The Balaban J connectivity index is 2.87. The summed E-state index contributed by atoms with van der Waals surface area (Å²) in [5.41, 5.74) is 6.98. The number of nitrogens with two attached hydrogens (primary N) is 1. The molecule has 2 N–H and O–H groups in total. The number of rotatable bonds is 3. The van der Waals surface area contributed by atoms with Crippen LogP contribution in [0.1, 0.15) is 11.8 Å². The first-order chi connectivity index (χ1) is 5.23. The fourth-order valence-corrected chi connectivity index (χ4v) is 1.53. The molecule has 0 saturated heterocycles. The minimum atomic E-state index is -0.360. The van der Waals surface area contributed by atoms with E-state index < -0.39 is 0 Å². The highest BCUT2D eigenvalue weighted by Crippen LogP contribution is 2.25. The van der Waals surface area contributed by atoms with Crippen molar-refractivity contribution < 1.29 is 4.74 Å². The summed E-state index contributed by atoms with van der Waals surface area (Å²) in [5.74, 6) is 0. The van der Waals surface area contributed by atoms with Crippen molar-refractivity contribution in [1.29, 1.82) is 0 Å². The van der Waals surface area contributed by atoms with Crippen LogP contribution in [0.25, 0.3) is 0 Å². The Morgan fingerprint density at radius 2 is 2.55 bits per heavy atom. The molecule has 0 saturated carbocycles. The Bertz CT molecular complexity index is 206. The third kappa shape index (κ3) is 1.58. The van der Waals surface area contributed by atoms with Gasteiger partial charge in [0, 0.05) is 19.9 Å². The van der Waals surface area contributed by atoms with E-state index in [4.69, 9.17) is 10.5 Å². The van der Waals surface area contributed by atoms with Crippen LogP contribution >= 0.6 is 11.3 Å². The van der Waals surface area contributed by atoms with Crippen LogP contribution in [-0.2, 0) is 10.3 Å². The van der Waals surface area contributed by atoms with E-state index in [9.17, 15) is 0 Å². The van der Waals surface area contributed by atoms with Gasteiger partial charge in [0.05, 0.1) is 10.4 Å². The van der Waals surface area contributed by atoms with Gasteiger partial charge in [0.25, 0.3) is 0 Å². The maximum Gasteiger partial charge on any atom is 0.113 e. The van der Waals surface area contributed by atoms with Gasteiger partial charge in [-0.2, -0.15) is 0 Å². The lowest BCUT2D eigenvalue weighted by atomic mass is 10.1. The molecule has 0 aliphatic carbocycles. The van der Waals surface area contributed by atoms with Gasteiger partial charge < -0.3 is 10.5 Å². The quantitative estimate of drug-likeness (QED) is 0.739. The monoisotopic (exact) mass is 172 g/mol. The van der Waals surface area contributed by atoms with E-state index in [-0.39, 0.29) is 5.60 Å². The molecular weight excluding hydrogens is 160 g/mol. The smallest absolute Gasteiger partial charge is 0.113 e. The Morgan fingerprint density at radius 3 is 2.91 bits per heavy atom. The number of ether oxygens (including phenoxy) is 1. The first-order valence-corrected chi connectivity index (χ1v) is 4.25. The van der Waals surface area contributed by atoms with Gasteiger partial charge in [0.2, 0.25) is 0 Å². The van der Waals surface area contributed by atoms with E-state index in [1.165, 1.54) is 0 Å². The fourth-order valence-electron chi connectivity index (χ4n) is 0.761. The summed E-state index contributed by atoms with van der Waals surface area (Å²) >= 11 is 1.56. The molecule has 1 atom stereocenters. The lowest BCUT2D eigenvalue weighted by molar-refractivity contribution is 0.0131. The number of hydrogen-bond acceptors (Lipinski definition) is 4. The Hall–Kier alpha value is -0.450. The molecule has 0 aliphatic heterocycles. The molecule has 0 radical (unpaired) electrons. The Kier molecular flexibility index (Phi) is 2.59. The molecule has 0 spiro atoms. The molecule has 4 heteroatoms. The summed E-state index contributed by atoms with van der Waals surface area (Å²) in [6.45, 7) is 2.44. The first-order valence-electron chi connectivity index (χ1n) is 3.37. The zero-order valence-electron chi connectivity index (χ0n) is 6.70. The maximum absolute atomic E-state index is 5.56. The highest BCUT2D eigenvalue weighted by atomic mass is 32.1. The Labute approximate surface area is 70.2 Å². The summed E-state index contributed by atoms with van der Waals surface area (Å²) in [4.78, 5) is 5.04. The molecule has 0 aliphatic rings. The van der Waals surface area contributed by atoms with Crippen molar-refractivity contribution in [2.24, 2.45) is 5.73 Å². The van der Waals surface area contributed by atoms with E-state index in [2.05, 4.69) is 4.98 Å². The van der Waals surface area contributed by atoms with Crippen LogP contribution in [0.15, 0.2) is 11.7 Å². The van der Waals surface area contributed by atoms with Gasteiger partial charge in [-0.3, -0.25) is 4.98 Å². The topological polar surface area (TPSA) is 48.1 Å². The van der Waals surface area contributed by atoms with Gasteiger partial charge in [-0.05, 0) is 6.92 Å². The second-order valence-corrected chi connectivity index (χ2v) is 3.39. The van der Waals surface area contributed by atoms with Crippen molar-refractivity contribution in [3.05, 3.63) is 16.6 Å². The molecular formula is C7H12N2OS. The third-order valence-electron chi connectivity index (χ3n) is 1.79. The predicted octanol–water partition coefficient (Wildman–Crippen LogP) is 0.963. The number of methoxy groups -OCH3 is 1. The molecule has 0 amide bonds. The van der Waals surface area contributed by atoms with Gasteiger partial charge in [-0.1, -0.05) is 0 Å². The van der Waals surface area contributed by atoms with Gasteiger partial charge in [-0.15, -0.1) is 11.3 Å².